The number of aliphatic hydroxyl groups excluding tert-OH is 1. The van der Waals surface area contributed by atoms with Crippen LogP contribution in [0, 0.1) is 0 Å². The van der Waals surface area contributed by atoms with Crippen LogP contribution in [-0.4, -0.2) is 42.0 Å². The van der Waals surface area contributed by atoms with E-state index in [9.17, 15) is 5.11 Å². The summed E-state index contributed by atoms with van der Waals surface area (Å²) in [6, 6.07) is 4.12. The molecule has 0 amide bonds. The standard InChI is InChI=1S/C16H18N6O/c23-13-3-1-11(2-4-13)21-15-14-9-20-22(16(14)19-10-18-15)12-5-7-17-8-6-12/h5-11,13,23H,1-4H2,(H,18,19,21). The molecule has 1 aliphatic rings. The number of aromatic nitrogens is 5. The van der Waals surface area contributed by atoms with Crippen molar-refractivity contribution in [3.8, 4) is 5.69 Å². The molecule has 0 aromatic carbocycles. The van der Waals surface area contributed by atoms with Crippen molar-refractivity contribution < 1.29 is 5.11 Å². The minimum Gasteiger partial charge on any atom is -0.393 e. The van der Waals surface area contributed by atoms with Crippen molar-refractivity contribution in [2.75, 3.05) is 5.32 Å². The third kappa shape index (κ3) is 2.75. The Hall–Kier alpha value is -2.54. The first-order chi connectivity index (χ1) is 11.3. The van der Waals surface area contributed by atoms with Crippen LogP contribution in [0.1, 0.15) is 25.7 Å². The van der Waals surface area contributed by atoms with E-state index in [0.29, 0.717) is 6.04 Å². The van der Waals surface area contributed by atoms with Crippen LogP contribution in [0.4, 0.5) is 5.82 Å². The number of nitrogens with zero attached hydrogens (tertiary/aromatic N) is 5. The summed E-state index contributed by atoms with van der Waals surface area (Å²) in [6.45, 7) is 0. The number of aliphatic hydroxyl groups is 1. The van der Waals surface area contributed by atoms with Crippen LogP contribution in [0.25, 0.3) is 16.7 Å². The largest absolute Gasteiger partial charge is 0.393 e. The van der Waals surface area contributed by atoms with Crippen LogP contribution < -0.4 is 5.32 Å². The van der Waals surface area contributed by atoms with Gasteiger partial charge in [0.05, 0.1) is 23.4 Å². The zero-order valence-electron chi connectivity index (χ0n) is 12.6. The Balaban J connectivity index is 1.65. The molecular weight excluding hydrogens is 292 g/mol. The van der Waals surface area contributed by atoms with E-state index >= 15 is 0 Å². The summed E-state index contributed by atoms with van der Waals surface area (Å²) < 4.78 is 1.79. The molecule has 0 spiro atoms. The molecule has 7 heteroatoms. The number of rotatable bonds is 3. The Bertz CT molecular complexity index is 795. The van der Waals surface area contributed by atoms with E-state index in [1.165, 1.54) is 0 Å². The fraction of sp³-hybridized carbons (Fsp3) is 0.375. The third-order valence-corrected chi connectivity index (χ3v) is 4.31. The van der Waals surface area contributed by atoms with Crippen molar-refractivity contribution in [3.05, 3.63) is 37.1 Å². The first kappa shape index (κ1) is 14.1. The van der Waals surface area contributed by atoms with E-state index in [0.717, 1.165) is 48.2 Å². The van der Waals surface area contributed by atoms with Gasteiger partial charge in [0.2, 0.25) is 0 Å². The zero-order valence-corrected chi connectivity index (χ0v) is 12.6. The molecule has 1 aliphatic carbocycles. The van der Waals surface area contributed by atoms with Crippen LogP contribution in [0.3, 0.4) is 0 Å². The molecule has 0 aliphatic heterocycles. The fourth-order valence-corrected chi connectivity index (χ4v) is 3.05. The molecule has 118 valence electrons. The average Bonchev–Trinajstić information content (AvgIpc) is 3.03. The number of hydrogen-bond acceptors (Lipinski definition) is 6. The lowest BCUT2D eigenvalue weighted by Gasteiger charge is -2.26. The van der Waals surface area contributed by atoms with E-state index in [4.69, 9.17) is 0 Å². The quantitative estimate of drug-likeness (QED) is 0.768. The van der Waals surface area contributed by atoms with Gasteiger partial charge in [-0.2, -0.15) is 5.10 Å². The van der Waals surface area contributed by atoms with Crippen molar-refractivity contribution >= 4 is 16.9 Å². The van der Waals surface area contributed by atoms with E-state index in [1.807, 2.05) is 12.1 Å². The molecular formula is C16H18N6O. The number of hydrogen-bond donors (Lipinski definition) is 2. The lowest BCUT2D eigenvalue weighted by atomic mass is 9.93. The van der Waals surface area contributed by atoms with Gasteiger partial charge in [0.25, 0.3) is 0 Å². The lowest BCUT2D eigenvalue weighted by Crippen LogP contribution is -2.28. The van der Waals surface area contributed by atoms with Crippen LogP contribution in [0.5, 0.6) is 0 Å². The second-order valence-electron chi connectivity index (χ2n) is 5.87. The van der Waals surface area contributed by atoms with Gasteiger partial charge >= 0.3 is 0 Å². The maximum atomic E-state index is 9.62. The summed E-state index contributed by atoms with van der Waals surface area (Å²) >= 11 is 0. The Morgan fingerprint density at radius 3 is 2.65 bits per heavy atom. The summed E-state index contributed by atoms with van der Waals surface area (Å²) in [5.41, 5.74) is 1.69. The monoisotopic (exact) mass is 310 g/mol. The van der Waals surface area contributed by atoms with Gasteiger partial charge in [-0.3, -0.25) is 4.98 Å². The minimum atomic E-state index is -0.159. The zero-order chi connectivity index (χ0) is 15.6. The summed E-state index contributed by atoms with van der Waals surface area (Å²) in [5.74, 6) is 0.802. The molecule has 4 rings (SSSR count). The van der Waals surface area contributed by atoms with Crippen LogP contribution >= 0.6 is 0 Å². The molecule has 0 bridgehead atoms. The highest BCUT2D eigenvalue weighted by Gasteiger charge is 2.21. The Morgan fingerprint density at radius 2 is 1.87 bits per heavy atom. The summed E-state index contributed by atoms with van der Waals surface area (Å²) in [7, 11) is 0. The number of fused-ring (bicyclic) bond motifs is 1. The van der Waals surface area contributed by atoms with Crippen molar-refractivity contribution in [1.82, 2.24) is 24.7 Å². The second kappa shape index (κ2) is 5.92. The summed E-state index contributed by atoms with van der Waals surface area (Å²) in [4.78, 5) is 12.8. The highest BCUT2D eigenvalue weighted by molar-refractivity contribution is 5.87. The first-order valence-electron chi connectivity index (χ1n) is 7.85. The molecule has 3 aromatic heterocycles. The topological polar surface area (TPSA) is 88.8 Å². The Kier molecular flexibility index (Phi) is 3.63. The highest BCUT2D eigenvalue weighted by atomic mass is 16.3. The Morgan fingerprint density at radius 1 is 1.09 bits per heavy atom. The molecule has 2 N–H and O–H groups in total. The van der Waals surface area contributed by atoms with Crippen molar-refractivity contribution in [2.24, 2.45) is 0 Å². The maximum absolute atomic E-state index is 9.62. The van der Waals surface area contributed by atoms with E-state index in [1.54, 1.807) is 29.6 Å². The van der Waals surface area contributed by atoms with Crippen LogP contribution in [-0.2, 0) is 0 Å². The third-order valence-electron chi connectivity index (χ3n) is 4.31. The van der Waals surface area contributed by atoms with Gasteiger partial charge < -0.3 is 10.4 Å². The van der Waals surface area contributed by atoms with Gasteiger partial charge in [-0.05, 0) is 37.8 Å². The summed E-state index contributed by atoms with van der Waals surface area (Å²) in [5, 5.41) is 18.4. The first-order valence-corrected chi connectivity index (χ1v) is 7.85. The molecule has 7 nitrogen and oxygen atoms in total. The molecule has 3 heterocycles. The van der Waals surface area contributed by atoms with Gasteiger partial charge in [0, 0.05) is 18.4 Å². The van der Waals surface area contributed by atoms with Crippen LogP contribution in [0.2, 0.25) is 0 Å². The van der Waals surface area contributed by atoms with Gasteiger partial charge in [0.1, 0.15) is 12.1 Å². The molecule has 0 saturated heterocycles. The fourth-order valence-electron chi connectivity index (χ4n) is 3.05. The van der Waals surface area contributed by atoms with Crippen molar-refractivity contribution in [1.29, 1.82) is 0 Å². The van der Waals surface area contributed by atoms with Gasteiger partial charge in [-0.15, -0.1) is 0 Å². The van der Waals surface area contributed by atoms with Crippen LogP contribution in [0.15, 0.2) is 37.1 Å². The van der Waals surface area contributed by atoms with E-state index in [-0.39, 0.29) is 6.10 Å². The molecule has 23 heavy (non-hydrogen) atoms. The van der Waals surface area contributed by atoms with E-state index in [2.05, 4.69) is 25.4 Å². The van der Waals surface area contributed by atoms with Crippen molar-refractivity contribution in [2.45, 2.75) is 37.8 Å². The molecule has 0 atom stereocenters. The Labute approximate surface area is 133 Å². The van der Waals surface area contributed by atoms with E-state index < -0.39 is 0 Å². The molecule has 0 radical (unpaired) electrons. The smallest absolute Gasteiger partial charge is 0.168 e. The SMILES string of the molecule is OC1CCC(Nc2ncnc3c2cnn3-c2ccncc2)CC1. The number of nitrogens with one attached hydrogen (secondary N) is 1. The number of anilines is 1. The van der Waals surface area contributed by atoms with Gasteiger partial charge in [-0.25, -0.2) is 14.6 Å². The average molecular weight is 310 g/mol. The molecule has 1 saturated carbocycles. The van der Waals surface area contributed by atoms with Gasteiger partial charge in [-0.1, -0.05) is 0 Å². The highest BCUT2D eigenvalue weighted by Crippen LogP contribution is 2.26. The lowest BCUT2D eigenvalue weighted by molar-refractivity contribution is 0.126. The number of pyridine rings is 1. The molecule has 1 fully saturated rings. The normalized spacial score (nSPS) is 21.4. The van der Waals surface area contributed by atoms with Crippen molar-refractivity contribution in [3.63, 3.8) is 0 Å². The molecule has 3 aromatic rings. The predicted octanol–water partition coefficient (Wildman–Crippen LogP) is 1.93. The second-order valence-corrected chi connectivity index (χ2v) is 5.87. The summed E-state index contributed by atoms with van der Waals surface area (Å²) in [6.07, 6.45) is 10.2. The minimum absolute atomic E-state index is 0.159. The maximum Gasteiger partial charge on any atom is 0.168 e. The predicted molar refractivity (Wildman–Crippen MR) is 86.3 cm³/mol. The molecule has 0 unspecified atom stereocenters. The van der Waals surface area contributed by atoms with Gasteiger partial charge in [0.15, 0.2) is 5.65 Å².